The van der Waals surface area contributed by atoms with Gasteiger partial charge in [0.15, 0.2) is 0 Å². The summed E-state index contributed by atoms with van der Waals surface area (Å²) in [6, 6.07) is 0. The quantitative estimate of drug-likeness (QED) is 0.576. The zero-order valence-electron chi connectivity index (χ0n) is 6.09. The number of carbonyl (C=O) groups excluding carboxylic acids is 1. The van der Waals surface area contributed by atoms with Crippen molar-refractivity contribution in [3.8, 4) is 0 Å². The van der Waals surface area contributed by atoms with Crippen LogP contribution in [0.15, 0.2) is 6.20 Å². The van der Waals surface area contributed by atoms with Gasteiger partial charge < -0.3 is 5.32 Å². The second-order valence-corrected chi connectivity index (χ2v) is 2.55. The van der Waals surface area contributed by atoms with Gasteiger partial charge in [0.1, 0.15) is 0 Å². The van der Waals surface area contributed by atoms with E-state index < -0.39 is 0 Å². The van der Waals surface area contributed by atoms with Crippen molar-refractivity contribution in [1.82, 2.24) is 10.2 Å². The number of aromatic nitrogens is 2. The minimum absolute atomic E-state index is 0.0258. The Morgan fingerprint density at radius 1 is 1.64 bits per heavy atom. The molecule has 1 aliphatic heterocycles. The second kappa shape index (κ2) is 2.02. The highest BCUT2D eigenvalue weighted by atomic mass is 16.1. The first-order chi connectivity index (χ1) is 5.27. The number of fused-ring (bicyclic) bond motifs is 1. The molecule has 4 nitrogen and oxygen atoms in total. The van der Waals surface area contributed by atoms with Gasteiger partial charge >= 0.3 is 0 Å². The van der Waals surface area contributed by atoms with Crippen molar-refractivity contribution in [3.63, 3.8) is 0 Å². The Hall–Kier alpha value is -1.45. The van der Waals surface area contributed by atoms with Crippen molar-refractivity contribution in [2.75, 3.05) is 5.32 Å². The maximum atomic E-state index is 10.9. The van der Waals surface area contributed by atoms with E-state index in [-0.39, 0.29) is 5.91 Å². The number of anilines is 1. The van der Waals surface area contributed by atoms with Crippen LogP contribution in [0.1, 0.15) is 11.3 Å². The number of hydrogen-bond donors (Lipinski definition) is 1. The Morgan fingerprint density at radius 3 is 3.18 bits per heavy atom. The molecule has 4 heteroatoms. The zero-order valence-corrected chi connectivity index (χ0v) is 6.09. The lowest BCUT2D eigenvalue weighted by atomic mass is 10.2. The lowest BCUT2D eigenvalue weighted by molar-refractivity contribution is -0.115. The Bertz CT molecular complexity index is 321. The van der Waals surface area contributed by atoms with Crippen LogP contribution in [-0.4, -0.2) is 16.1 Å². The van der Waals surface area contributed by atoms with E-state index in [0.717, 1.165) is 16.9 Å². The molecule has 0 aliphatic carbocycles. The summed E-state index contributed by atoms with van der Waals surface area (Å²) in [6.45, 7) is 1.85. The van der Waals surface area contributed by atoms with E-state index >= 15 is 0 Å². The Morgan fingerprint density at radius 2 is 2.45 bits per heavy atom. The molecule has 1 N–H and O–H groups in total. The first-order valence-electron chi connectivity index (χ1n) is 3.38. The van der Waals surface area contributed by atoms with Gasteiger partial charge in [-0.15, -0.1) is 0 Å². The third kappa shape index (κ3) is 0.869. The smallest absolute Gasteiger partial charge is 0.228 e. The summed E-state index contributed by atoms with van der Waals surface area (Å²) in [6.07, 6.45) is 2.02. The summed E-state index contributed by atoms with van der Waals surface area (Å²) >= 11 is 0. The lowest BCUT2D eigenvalue weighted by Crippen LogP contribution is -2.03. The van der Waals surface area contributed by atoms with E-state index in [1.807, 2.05) is 6.92 Å². The minimum atomic E-state index is 0.0258. The molecule has 0 spiro atoms. The minimum Gasteiger partial charge on any atom is -0.324 e. The van der Waals surface area contributed by atoms with Crippen molar-refractivity contribution < 1.29 is 4.79 Å². The molecule has 1 aromatic heterocycles. The highest BCUT2D eigenvalue weighted by Gasteiger charge is 2.19. The van der Waals surface area contributed by atoms with Gasteiger partial charge in [-0.3, -0.25) is 4.79 Å². The van der Waals surface area contributed by atoms with E-state index in [0.29, 0.717) is 6.42 Å². The monoisotopic (exact) mass is 149 g/mol. The molecule has 2 rings (SSSR count). The zero-order chi connectivity index (χ0) is 7.84. The number of hydrogen-bond acceptors (Lipinski definition) is 3. The summed E-state index contributed by atoms with van der Waals surface area (Å²) in [4.78, 5) is 10.9. The predicted octanol–water partition coefficient (Wildman–Crippen LogP) is 0.280. The standard InChI is InChI=1S/C7H7N3O/c1-4-5-2-7(11)9-6(5)3-8-10-4/h3H,2H2,1H3,(H,9,11). The third-order valence-electron chi connectivity index (χ3n) is 1.77. The highest BCUT2D eigenvalue weighted by Crippen LogP contribution is 2.22. The summed E-state index contributed by atoms with van der Waals surface area (Å²) in [5.74, 6) is 0.0258. The fourth-order valence-electron chi connectivity index (χ4n) is 1.19. The van der Waals surface area contributed by atoms with Crippen LogP contribution in [0.5, 0.6) is 0 Å². The van der Waals surface area contributed by atoms with Crippen molar-refractivity contribution >= 4 is 11.6 Å². The molecule has 0 atom stereocenters. The molecular formula is C7H7N3O. The lowest BCUT2D eigenvalue weighted by Gasteiger charge is -1.96. The molecule has 0 bridgehead atoms. The first-order valence-corrected chi connectivity index (χ1v) is 3.38. The van der Waals surface area contributed by atoms with Crippen LogP contribution < -0.4 is 5.32 Å². The summed E-state index contributed by atoms with van der Waals surface area (Å²) in [7, 11) is 0. The van der Waals surface area contributed by atoms with Crippen molar-refractivity contribution in [2.24, 2.45) is 0 Å². The molecule has 0 saturated heterocycles. The van der Waals surface area contributed by atoms with Gasteiger partial charge in [-0.1, -0.05) is 0 Å². The van der Waals surface area contributed by atoms with Crippen LogP contribution in [-0.2, 0) is 11.2 Å². The van der Waals surface area contributed by atoms with Gasteiger partial charge in [0.2, 0.25) is 5.91 Å². The summed E-state index contributed by atoms with van der Waals surface area (Å²) < 4.78 is 0. The van der Waals surface area contributed by atoms with Gasteiger partial charge in [0, 0.05) is 5.56 Å². The van der Waals surface area contributed by atoms with Crippen LogP contribution in [0.3, 0.4) is 0 Å². The normalized spacial score (nSPS) is 14.5. The van der Waals surface area contributed by atoms with E-state index in [4.69, 9.17) is 0 Å². The second-order valence-electron chi connectivity index (χ2n) is 2.55. The average molecular weight is 149 g/mol. The highest BCUT2D eigenvalue weighted by molar-refractivity contribution is 5.99. The van der Waals surface area contributed by atoms with Gasteiger partial charge in [0.25, 0.3) is 0 Å². The summed E-state index contributed by atoms with van der Waals surface area (Å²) in [5, 5.41) is 10.3. The van der Waals surface area contributed by atoms with Crippen molar-refractivity contribution in [2.45, 2.75) is 13.3 Å². The third-order valence-corrected chi connectivity index (χ3v) is 1.77. The number of amides is 1. The maximum Gasteiger partial charge on any atom is 0.228 e. The average Bonchev–Trinajstić information content (AvgIpc) is 2.31. The number of nitrogens with one attached hydrogen (secondary N) is 1. The van der Waals surface area contributed by atoms with Gasteiger partial charge in [-0.2, -0.15) is 10.2 Å². The molecule has 1 aromatic rings. The molecule has 0 radical (unpaired) electrons. The van der Waals surface area contributed by atoms with Crippen LogP contribution in [0.2, 0.25) is 0 Å². The van der Waals surface area contributed by atoms with Crippen LogP contribution in [0.4, 0.5) is 5.69 Å². The predicted molar refractivity (Wildman–Crippen MR) is 39.1 cm³/mol. The van der Waals surface area contributed by atoms with Gasteiger partial charge in [0.05, 0.1) is 24.0 Å². The van der Waals surface area contributed by atoms with Crippen molar-refractivity contribution in [1.29, 1.82) is 0 Å². The number of aryl methyl sites for hydroxylation is 1. The fourth-order valence-corrected chi connectivity index (χ4v) is 1.19. The van der Waals surface area contributed by atoms with E-state index in [9.17, 15) is 4.79 Å². The van der Waals surface area contributed by atoms with Gasteiger partial charge in [-0.25, -0.2) is 0 Å². The largest absolute Gasteiger partial charge is 0.324 e. The first kappa shape index (κ1) is 6.27. The Labute approximate surface area is 63.6 Å². The number of nitrogens with zero attached hydrogens (tertiary/aromatic N) is 2. The molecule has 0 fully saturated rings. The van der Waals surface area contributed by atoms with Crippen LogP contribution in [0.25, 0.3) is 0 Å². The Balaban J connectivity index is 2.57. The van der Waals surface area contributed by atoms with Crippen LogP contribution >= 0.6 is 0 Å². The number of carbonyl (C=O) groups is 1. The number of rotatable bonds is 0. The molecule has 0 unspecified atom stereocenters. The van der Waals surface area contributed by atoms with E-state index in [1.165, 1.54) is 0 Å². The Kier molecular flexibility index (Phi) is 1.15. The van der Waals surface area contributed by atoms with Crippen molar-refractivity contribution in [3.05, 3.63) is 17.5 Å². The molecule has 0 saturated carbocycles. The maximum absolute atomic E-state index is 10.9. The topological polar surface area (TPSA) is 54.9 Å². The molecule has 1 amide bonds. The molecule has 2 heterocycles. The fraction of sp³-hybridized carbons (Fsp3) is 0.286. The van der Waals surface area contributed by atoms with Crippen LogP contribution in [0, 0.1) is 6.92 Å². The molecule has 1 aliphatic rings. The van der Waals surface area contributed by atoms with Gasteiger partial charge in [-0.05, 0) is 6.92 Å². The SMILES string of the molecule is Cc1nncc2c1CC(=O)N2. The molecule has 0 aromatic carbocycles. The molecular weight excluding hydrogens is 142 g/mol. The van der Waals surface area contributed by atoms with E-state index in [2.05, 4.69) is 15.5 Å². The summed E-state index contributed by atoms with van der Waals surface area (Å²) in [5.41, 5.74) is 2.62. The van der Waals surface area contributed by atoms with E-state index in [1.54, 1.807) is 6.20 Å². The molecule has 11 heavy (non-hydrogen) atoms. The molecule has 56 valence electrons.